The molecule has 61 heavy (non-hydrogen) atoms. The Labute approximate surface area is 360 Å². The van der Waals surface area contributed by atoms with Crippen LogP contribution in [0.4, 0.5) is 0 Å². The maximum Gasteiger partial charge on any atom is 0.246 e. The predicted octanol–water partition coefficient (Wildman–Crippen LogP) is 12.3. The summed E-state index contributed by atoms with van der Waals surface area (Å²) in [6, 6.07) is 21.4. The SMILES string of the molecule is CC(C)(C)C1=NCCO1.CC(C)(C)c1cn2ccccc2n1.CC(C)(C)c1nc2ccccc2o1.CC(C)(C)c1nc2cccnc2o1.CC(C)(C)c1nc2cccnc2o1. The van der Waals surface area contributed by atoms with Crippen molar-refractivity contribution in [1.82, 2.24) is 34.3 Å². The van der Waals surface area contributed by atoms with E-state index in [1.165, 1.54) is 0 Å². The molecule has 8 heterocycles. The third-order valence-electron chi connectivity index (χ3n) is 8.91. The molecule has 0 amide bonds. The molecule has 0 saturated heterocycles. The van der Waals surface area contributed by atoms with Gasteiger partial charge in [-0.05, 0) is 48.5 Å². The standard InChI is InChI=1S/C11H14N2.C11H13NO.2C10H12N2O.C7H13NO/c1-11(2,3)9-8-13-7-5-4-6-10(13)12-9;1-11(2,3)10-12-8-6-4-5-7-9(8)13-10;2*1-10(2,3)9-12-7-5-4-6-11-8(7)13-9;1-7(2,3)6-8-4-5-9-6/h4-8H,1-3H3;4-7H,1-3H3;2*4-6H,1-3H3;4-5H2,1-3H3. The van der Waals surface area contributed by atoms with Gasteiger partial charge in [0.25, 0.3) is 0 Å². The second-order valence-corrected chi connectivity index (χ2v) is 20.1. The maximum atomic E-state index is 5.62. The number of hydrogen-bond acceptors (Lipinski definition) is 11. The van der Waals surface area contributed by atoms with Crippen LogP contribution in [-0.2, 0) is 26.4 Å². The van der Waals surface area contributed by atoms with Gasteiger partial charge in [0.05, 0.1) is 12.2 Å². The van der Waals surface area contributed by atoms with E-state index in [9.17, 15) is 0 Å². The van der Waals surface area contributed by atoms with Crippen LogP contribution < -0.4 is 0 Å². The Balaban J connectivity index is 0.000000145. The highest BCUT2D eigenvalue weighted by molar-refractivity contribution is 5.82. The lowest BCUT2D eigenvalue weighted by Crippen LogP contribution is -2.20. The molecule has 12 heteroatoms. The van der Waals surface area contributed by atoms with Crippen LogP contribution in [0, 0.1) is 5.41 Å². The molecule has 9 rings (SSSR count). The molecule has 1 aliphatic heterocycles. The summed E-state index contributed by atoms with van der Waals surface area (Å²) >= 11 is 0. The van der Waals surface area contributed by atoms with Gasteiger partial charge >= 0.3 is 0 Å². The van der Waals surface area contributed by atoms with E-state index in [2.05, 4.69) is 149 Å². The molecule has 1 aromatic carbocycles. The Bertz CT molecular complexity index is 2200. The average Bonchev–Trinajstić information content (AvgIpc) is 4.02. The van der Waals surface area contributed by atoms with Crippen LogP contribution in [0.15, 0.2) is 110 Å². The van der Waals surface area contributed by atoms with Crippen molar-refractivity contribution in [1.29, 1.82) is 0 Å². The molecule has 0 spiro atoms. The fraction of sp³-hybridized carbons (Fsp3) is 0.449. The summed E-state index contributed by atoms with van der Waals surface area (Å²) in [4.78, 5) is 30.0. The number of rotatable bonds is 0. The Morgan fingerprint density at radius 2 is 0.984 bits per heavy atom. The lowest BCUT2D eigenvalue weighted by molar-refractivity contribution is 0.302. The van der Waals surface area contributed by atoms with Gasteiger partial charge in [-0.15, -0.1) is 0 Å². The number of pyridine rings is 3. The molecule has 324 valence electrons. The maximum absolute atomic E-state index is 5.62. The van der Waals surface area contributed by atoms with Crippen molar-refractivity contribution in [3.05, 3.63) is 115 Å². The van der Waals surface area contributed by atoms with Gasteiger partial charge in [-0.2, -0.15) is 0 Å². The number of aliphatic imine (C=N–C) groups is 1. The minimum atomic E-state index is -0.0549. The number of imidazole rings is 1. The van der Waals surface area contributed by atoms with Crippen LogP contribution in [0.5, 0.6) is 0 Å². The smallest absolute Gasteiger partial charge is 0.246 e. The van der Waals surface area contributed by atoms with Crippen LogP contribution in [0.3, 0.4) is 0 Å². The normalized spacial score (nSPS) is 13.3. The van der Waals surface area contributed by atoms with Gasteiger partial charge in [0, 0.05) is 51.9 Å². The largest absolute Gasteiger partial charge is 0.479 e. The fourth-order valence-electron chi connectivity index (χ4n) is 5.46. The van der Waals surface area contributed by atoms with Gasteiger partial charge in [-0.25, -0.2) is 29.9 Å². The molecule has 7 aromatic heterocycles. The fourth-order valence-corrected chi connectivity index (χ4v) is 5.46. The molecule has 0 N–H and O–H groups in total. The first-order valence-corrected chi connectivity index (χ1v) is 20.8. The lowest BCUT2D eigenvalue weighted by atomic mass is 9.93. The van der Waals surface area contributed by atoms with Gasteiger partial charge in [0.2, 0.25) is 29.1 Å². The number of aromatic nitrogens is 7. The number of nitrogens with zero attached hydrogens (tertiary/aromatic N) is 8. The summed E-state index contributed by atoms with van der Waals surface area (Å²) in [5.74, 6) is 3.18. The first kappa shape index (κ1) is 46.2. The van der Waals surface area contributed by atoms with Crippen molar-refractivity contribution in [2.45, 2.75) is 126 Å². The number of benzene rings is 1. The van der Waals surface area contributed by atoms with E-state index >= 15 is 0 Å². The van der Waals surface area contributed by atoms with Crippen molar-refractivity contribution in [2.75, 3.05) is 13.2 Å². The third-order valence-corrected chi connectivity index (χ3v) is 8.91. The molecule has 0 bridgehead atoms. The minimum absolute atomic E-state index is 0.0149. The number of oxazole rings is 3. The van der Waals surface area contributed by atoms with Crippen LogP contribution in [0.1, 0.15) is 127 Å². The van der Waals surface area contributed by atoms with Gasteiger partial charge in [0.1, 0.15) is 28.8 Å². The van der Waals surface area contributed by atoms with Gasteiger partial charge < -0.3 is 22.4 Å². The molecule has 8 aromatic rings. The van der Waals surface area contributed by atoms with E-state index in [1.807, 2.05) is 72.9 Å². The number of fused-ring (bicyclic) bond motifs is 4. The topological polar surface area (TPSA) is 143 Å². The third kappa shape index (κ3) is 12.8. The summed E-state index contributed by atoms with van der Waals surface area (Å²) in [7, 11) is 0. The highest BCUT2D eigenvalue weighted by Crippen LogP contribution is 2.27. The number of para-hydroxylation sites is 2. The summed E-state index contributed by atoms with van der Waals surface area (Å²) in [6.07, 6.45) is 7.53. The second kappa shape index (κ2) is 18.4. The monoisotopic (exact) mass is 829 g/mol. The van der Waals surface area contributed by atoms with Gasteiger partial charge in [-0.3, -0.25) is 4.99 Å². The minimum Gasteiger partial charge on any atom is -0.479 e. The summed E-state index contributed by atoms with van der Waals surface area (Å²) in [5.41, 5.74) is 6.97. The van der Waals surface area contributed by atoms with Crippen molar-refractivity contribution >= 4 is 45.1 Å². The Hall–Kier alpha value is -5.91. The Morgan fingerprint density at radius 3 is 1.41 bits per heavy atom. The Morgan fingerprint density at radius 1 is 0.492 bits per heavy atom. The van der Waals surface area contributed by atoms with E-state index in [0.717, 1.165) is 70.2 Å². The number of hydrogen-bond donors (Lipinski definition) is 0. The lowest BCUT2D eigenvalue weighted by Gasteiger charge is -2.16. The summed E-state index contributed by atoms with van der Waals surface area (Å²) in [5, 5.41) is 0. The Kier molecular flexibility index (Phi) is 13.9. The van der Waals surface area contributed by atoms with E-state index in [4.69, 9.17) is 18.0 Å². The molecular weight excluding hydrogens is 765 g/mol. The van der Waals surface area contributed by atoms with E-state index in [1.54, 1.807) is 12.4 Å². The molecule has 0 fully saturated rings. The van der Waals surface area contributed by atoms with Crippen molar-refractivity contribution in [3.63, 3.8) is 0 Å². The van der Waals surface area contributed by atoms with Crippen LogP contribution in [0.25, 0.3) is 39.2 Å². The van der Waals surface area contributed by atoms with Crippen molar-refractivity contribution < 1.29 is 18.0 Å². The summed E-state index contributed by atoms with van der Waals surface area (Å²) < 4.78 is 24.0. The van der Waals surface area contributed by atoms with E-state index < -0.39 is 0 Å². The van der Waals surface area contributed by atoms with Crippen LogP contribution >= 0.6 is 0 Å². The molecule has 1 aliphatic rings. The van der Waals surface area contributed by atoms with Crippen LogP contribution in [-0.4, -0.2) is 53.4 Å². The van der Waals surface area contributed by atoms with E-state index in [-0.39, 0.29) is 27.1 Å². The molecule has 0 atom stereocenters. The first-order valence-electron chi connectivity index (χ1n) is 20.8. The quantitative estimate of drug-likeness (QED) is 0.145. The molecule has 0 saturated carbocycles. The molecule has 12 nitrogen and oxygen atoms in total. The number of ether oxygens (including phenoxy) is 1. The highest BCUT2D eigenvalue weighted by Gasteiger charge is 2.24. The van der Waals surface area contributed by atoms with E-state index in [0.29, 0.717) is 11.4 Å². The average molecular weight is 829 g/mol. The molecule has 0 radical (unpaired) electrons. The second-order valence-electron chi connectivity index (χ2n) is 20.1. The summed E-state index contributed by atoms with van der Waals surface area (Å²) in [6.45, 7) is 33.1. The zero-order chi connectivity index (χ0) is 44.8. The first-order chi connectivity index (χ1) is 28.4. The molecule has 0 aliphatic carbocycles. The van der Waals surface area contributed by atoms with Crippen molar-refractivity contribution in [2.24, 2.45) is 10.4 Å². The van der Waals surface area contributed by atoms with Gasteiger partial charge in [-0.1, -0.05) is 122 Å². The highest BCUT2D eigenvalue weighted by atomic mass is 16.5. The van der Waals surface area contributed by atoms with Gasteiger partial charge in [0.15, 0.2) is 11.5 Å². The predicted molar refractivity (Wildman–Crippen MR) is 245 cm³/mol. The zero-order valence-electron chi connectivity index (χ0n) is 38.8. The van der Waals surface area contributed by atoms with Crippen molar-refractivity contribution in [3.8, 4) is 0 Å². The molecular formula is C49H64N8O4. The zero-order valence-corrected chi connectivity index (χ0v) is 38.8. The van der Waals surface area contributed by atoms with Crippen LogP contribution in [0.2, 0.25) is 0 Å². The molecule has 0 unspecified atom stereocenters.